The van der Waals surface area contributed by atoms with Crippen LogP contribution in [0.4, 0.5) is 5.69 Å². The molecule has 0 aliphatic carbocycles. The zero-order valence-electron chi connectivity index (χ0n) is 15.2. The third kappa shape index (κ3) is 5.21. The van der Waals surface area contributed by atoms with E-state index in [2.05, 4.69) is 5.32 Å². The van der Waals surface area contributed by atoms with Crippen LogP contribution >= 0.6 is 0 Å². The van der Waals surface area contributed by atoms with Gasteiger partial charge in [0.2, 0.25) is 15.9 Å². The van der Waals surface area contributed by atoms with E-state index in [1.54, 1.807) is 4.90 Å². The predicted octanol–water partition coefficient (Wildman–Crippen LogP) is 1.99. The van der Waals surface area contributed by atoms with Crippen LogP contribution in [0.2, 0.25) is 0 Å². The first kappa shape index (κ1) is 19.2. The number of hydrogen-bond acceptors (Lipinski definition) is 5. The summed E-state index contributed by atoms with van der Waals surface area (Å²) in [6.45, 7) is 1.58. The van der Waals surface area contributed by atoms with Crippen molar-refractivity contribution < 1.29 is 17.9 Å². The normalized spacial score (nSPS) is 15.4. The van der Waals surface area contributed by atoms with Gasteiger partial charge in [0.15, 0.2) is 5.75 Å². The number of benzene rings is 2. The van der Waals surface area contributed by atoms with Crippen LogP contribution in [-0.2, 0) is 14.8 Å². The zero-order valence-corrected chi connectivity index (χ0v) is 16.0. The number of sulfonamides is 1. The Bertz CT molecular complexity index is 879. The molecule has 1 N–H and O–H groups in total. The number of nitrogens with one attached hydrogen (secondary N) is 1. The molecule has 27 heavy (non-hydrogen) atoms. The summed E-state index contributed by atoms with van der Waals surface area (Å²) in [5, 5.41) is 3.12. The number of carbonyl (C=O) groups excluding carboxylic acids is 1. The first-order valence-corrected chi connectivity index (χ1v) is 10.6. The summed E-state index contributed by atoms with van der Waals surface area (Å²) < 4.78 is 30.4. The van der Waals surface area contributed by atoms with Crippen LogP contribution in [0.25, 0.3) is 0 Å². The molecule has 2 aromatic carbocycles. The van der Waals surface area contributed by atoms with Gasteiger partial charge in [-0.1, -0.05) is 30.3 Å². The SMILES string of the molecule is CS(=O)(=O)N1CCN(C(=O)CNc2ccccc2Oc2ccccc2)CC1. The van der Waals surface area contributed by atoms with Crippen molar-refractivity contribution in [3.05, 3.63) is 54.6 Å². The Morgan fingerprint density at radius 2 is 1.63 bits per heavy atom. The minimum atomic E-state index is -3.20. The average Bonchev–Trinajstić information content (AvgIpc) is 2.67. The number of ether oxygens (including phenoxy) is 1. The maximum absolute atomic E-state index is 12.5. The quantitative estimate of drug-likeness (QED) is 0.817. The van der Waals surface area contributed by atoms with Crippen molar-refractivity contribution in [2.24, 2.45) is 0 Å². The zero-order chi connectivity index (χ0) is 19.3. The molecule has 0 spiro atoms. The second-order valence-electron chi connectivity index (χ2n) is 6.31. The first-order valence-electron chi connectivity index (χ1n) is 8.72. The summed E-state index contributed by atoms with van der Waals surface area (Å²) in [7, 11) is -3.20. The number of rotatable bonds is 6. The van der Waals surface area contributed by atoms with E-state index in [0.717, 1.165) is 11.4 Å². The molecule has 0 saturated carbocycles. The number of amides is 1. The molecular weight excluding hydrogens is 366 g/mol. The minimum absolute atomic E-state index is 0.0716. The average molecular weight is 389 g/mol. The predicted molar refractivity (Wildman–Crippen MR) is 104 cm³/mol. The molecule has 0 radical (unpaired) electrons. The molecule has 0 bridgehead atoms. The van der Waals surface area contributed by atoms with E-state index in [-0.39, 0.29) is 12.5 Å². The molecule has 3 rings (SSSR count). The van der Waals surface area contributed by atoms with Gasteiger partial charge in [-0.25, -0.2) is 8.42 Å². The topological polar surface area (TPSA) is 79.0 Å². The fourth-order valence-electron chi connectivity index (χ4n) is 2.87. The molecule has 1 aliphatic heterocycles. The lowest BCUT2D eigenvalue weighted by Crippen LogP contribution is -2.51. The Morgan fingerprint density at radius 3 is 2.30 bits per heavy atom. The highest BCUT2D eigenvalue weighted by atomic mass is 32.2. The molecular formula is C19H23N3O4S. The maximum atomic E-state index is 12.5. The number of piperazine rings is 1. The van der Waals surface area contributed by atoms with Gasteiger partial charge < -0.3 is 15.0 Å². The third-order valence-corrected chi connectivity index (χ3v) is 5.65. The lowest BCUT2D eigenvalue weighted by Gasteiger charge is -2.33. The summed E-state index contributed by atoms with van der Waals surface area (Å²) in [5.74, 6) is 1.28. The van der Waals surface area contributed by atoms with Crippen molar-refractivity contribution in [3.8, 4) is 11.5 Å². The number of hydrogen-bond donors (Lipinski definition) is 1. The van der Waals surface area contributed by atoms with Gasteiger partial charge in [0, 0.05) is 26.2 Å². The van der Waals surface area contributed by atoms with E-state index in [4.69, 9.17) is 4.74 Å². The van der Waals surface area contributed by atoms with Crippen LogP contribution in [-0.4, -0.2) is 62.5 Å². The van der Waals surface area contributed by atoms with Gasteiger partial charge in [-0.05, 0) is 24.3 Å². The smallest absolute Gasteiger partial charge is 0.241 e. The van der Waals surface area contributed by atoms with E-state index in [1.807, 2.05) is 54.6 Å². The molecule has 8 heteroatoms. The molecule has 7 nitrogen and oxygen atoms in total. The molecule has 0 aromatic heterocycles. The third-order valence-electron chi connectivity index (χ3n) is 4.35. The van der Waals surface area contributed by atoms with E-state index < -0.39 is 10.0 Å². The lowest BCUT2D eigenvalue weighted by atomic mass is 10.2. The Balaban J connectivity index is 1.57. The molecule has 1 heterocycles. The Morgan fingerprint density at radius 1 is 1.00 bits per heavy atom. The fraction of sp³-hybridized carbons (Fsp3) is 0.316. The van der Waals surface area contributed by atoms with Gasteiger partial charge in [0.05, 0.1) is 18.5 Å². The van der Waals surface area contributed by atoms with Crippen LogP contribution in [0.3, 0.4) is 0 Å². The van der Waals surface area contributed by atoms with Crippen LogP contribution in [0.15, 0.2) is 54.6 Å². The maximum Gasteiger partial charge on any atom is 0.241 e. The standard InChI is InChI=1S/C19H23N3O4S/c1-27(24,25)22-13-11-21(12-14-22)19(23)15-20-17-9-5-6-10-18(17)26-16-7-3-2-4-8-16/h2-10,20H,11-15H2,1H3. The monoisotopic (exact) mass is 389 g/mol. The molecule has 2 aromatic rings. The molecule has 1 aliphatic rings. The van der Waals surface area contributed by atoms with Gasteiger partial charge in [-0.3, -0.25) is 4.79 Å². The van der Waals surface area contributed by atoms with Gasteiger partial charge in [0.25, 0.3) is 0 Å². The summed E-state index contributed by atoms with van der Waals surface area (Å²) in [5.41, 5.74) is 0.726. The Kier molecular flexibility index (Phi) is 5.98. The lowest BCUT2D eigenvalue weighted by molar-refractivity contribution is -0.130. The van der Waals surface area contributed by atoms with E-state index in [9.17, 15) is 13.2 Å². The van der Waals surface area contributed by atoms with Crippen LogP contribution in [0.1, 0.15) is 0 Å². The Labute approximate surface area is 159 Å². The largest absolute Gasteiger partial charge is 0.455 e. The number of anilines is 1. The van der Waals surface area contributed by atoms with Crippen LogP contribution in [0.5, 0.6) is 11.5 Å². The van der Waals surface area contributed by atoms with Crippen molar-refractivity contribution in [2.75, 3.05) is 44.3 Å². The van der Waals surface area contributed by atoms with Gasteiger partial charge >= 0.3 is 0 Å². The second kappa shape index (κ2) is 8.41. The number of nitrogens with zero attached hydrogens (tertiary/aromatic N) is 2. The van der Waals surface area contributed by atoms with Crippen molar-refractivity contribution in [1.82, 2.24) is 9.21 Å². The van der Waals surface area contributed by atoms with E-state index >= 15 is 0 Å². The summed E-state index contributed by atoms with van der Waals surface area (Å²) in [6.07, 6.45) is 1.19. The molecule has 0 unspecified atom stereocenters. The van der Waals surface area contributed by atoms with Gasteiger partial charge in [-0.2, -0.15) is 4.31 Å². The fourth-order valence-corrected chi connectivity index (χ4v) is 3.70. The highest BCUT2D eigenvalue weighted by Gasteiger charge is 2.25. The summed E-state index contributed by atoms with van der Waals surface area (Å²) in [6, 6.07) is 16.9. The molecule has 1 saturated heterocycles. The Hall–Kier alpha value is -2.58. The van der Waals surface area contributed by atoms with Crippen molar-refractivity contribution in [1.29, 1.82) is 0 Å². The second-order valence-corrected chi connectivity index (χ2v) is 8.29. The molecule has 0 atom stereocenters. The van der Waals surface area contributed by atoms with Crippen LogP contribution < -0.4 is 10.1 Å². The first-order chi connectivity index (χ1) is 12.9. The highest BCUT2D eigenvalue weighted by molar-refractivity contribution is 7.88. The summed E-state index contributed by atoms with van der Waals surface area (Å²) >= 11 is 0. The molecule has 144 valence electrons. The molecule has 1 fully saturated rings. The highest BCUT2D eigenvalue weighted by Crippen LogP contribution is 2.28. The van der Waals surface area contributed by atoms with Crippen molar-refractivity contribution in [3.63, 3.8) is 0 Å². The van der Waals surface area contributed by atoms with Gasteiger partial charge in [-0.15, -0.1) is 0 Å². The molecule has 1 amide bonds. The van der Waals surface area contributed by atoms with Crippen molar-refractivity contribution in [2.45, 2.75) is 0 Å². The number of para-hydroxylation sites is 3. The van der Waals surface area contributed by atoms with Crippen molar-refractivity contribution >= 4 is 21.6 Å². The van der Waals surface area contributed by atoms with E-state index in [1.165, 1.54) is 10.6 Å². The summed E-state index contributed by atoms with van der Waals surface area (Å²) in [4.78, 5) is 14.1. The van der Waals surface area contributed by atoms with E-state index in [0.29, 0.717) is 31.9 Å². The van der Waals surface area contributed by atoms with Crippen LogP contribution in [0, 0.1) is 0 Å². The van der Waals surface area contributed by atoms with Gasteiger partial charge in [0.1, 0.15) is 5.75 Å². The number of carbonyl (C=O) groups is 1. The minimum Gasteiger partial charge on any atom is -0.455 e.